The van der Waals surface area contributed by atoms with Gasteiger partial charge in [-0.1, -0.05) is 65.2 Å². The quantitative estimate of drug-likeness (QED) is 0.232. The molecule has 3 N–H and O–H groups in total. The van der Waals surface area contributed by atoms with E-state index in [0.29, 0.717) is 0 Å². The molecule has 5 nitrogen and oxygen atoms in total. The van der Waals surface area contributed by atoms with Crippen molar-refractivity contribution in [3.8, 4) is 0 Å². The van der Waals surface area contributed by atoms with Crippen LogP contribution in [0.4, 0.5) is 0 Å². The molecule has 0 fully saturated rings. The second-order valence-electron chi connectivity index (χ2n) is 7.43. The lowest BCUT2D eigenvalue weighted by atomic mass is 10.1. The van der Waals surface area contributed by atoms with Gasteiger partial charge in [0.2, 0.25) is 0 Å². The predicted octanol–water partition coefficient (Wildman–Crippen LogP) is 4.86. The lowest BCUT2D eigenvalue weighted by Crippen LogP contribution is -2.41. The molecule has 0 atom stereocenters. The highest BCUT2D eigenvalue weighted by molar-refractivity contribution is 7.45. The highest BCUT2D eigenvalue weighted by atomic mass is 31.2. The van der Waals surface area contributed by atoms with E-state index in [0.717, 1.165) is 0 Å². The molecule has 24 heavy (non-hydrogen) atoms. The van der Waals surface area contributed by atoms with Gasteiger partial charge in [-0.2, -0.15) is 0 Å². The van der Waals surface area contributed by atoms with Gasteiger partial charge in [-0.25, -0.2) is 4.57 Å². The molecule has 0 aliphatic heterocycles. The molecule has 0 aliphatic carbocycles. The fraction of sp³-hybridized carbons (Fsp3) is 1.00. The zero-order chi connectivity index (χ0) is 18.9. The standard InChI is InChI=1S/C18H40N.H3O4P/c1-5-7-9-11-12-13-14-16-18-19(3,4)17-15-10-8-6-2;1-5(2,3)4/h5-18H2,1-4H3;(H3,1,2,3,4)/q+1;. The first-order chi connectivity index (χ1) is 11.1. The summed E-state index contributed by atoms with van der Waals surface area (Å²) in [5.41, 5.74) is 0. The fourth-order valence-electron chi connectivity index (χ4n) is 2.75. The zero-order valence-electron chi connectivity index (χ0n) is 16.5. The molecule has 0 bridgehead atoms. The minimum atomic E-state index is -4.64. The van der Waals surface area contributed by atoms with Crippen LogP contribution in [-0.4, -0.2) is 46.3 Å². The summed E-state index contributed by atoms with van der Waals surface area (Å²) in [6, 6.07) is 0. The molecule has 0 aromatic rings. The van der Waals surface area contributed by atoms with Crippen LogP contribution in [0.5, 0.6) is 0 Å². The van der Waals surface area contributed by atoms with Crippen molar-refractivity contribution >= 4 is 7.82 Å². The number of hydrogen-bond acceptors (Lipinski definition) is 1. The minimum Gasteiger partial charge on any atom is -0.328 e. The Balaban J connectivity index is 0. The Morgan fingerprint density at radius 3 is 1.21 bits per heavy atom. The van der Waals surface area contributed by atoms with E-state index in [4.69, 9.17) is 19.2 Å². The van der Waals surface area contributed by atoms with Gasteiger partial charge in [0.1, 0.15) is 0 Å². The van der Waals surface area contributed by atoms with Gasteiger partial charge >= 0.3 is 7.82 Å². The number of phosphoric acid groups is 1. The minimum absolute atomic E-state index is 1.24. The summed E-state index contributed by atoms with van der Waals surface area (Å²) in [5.74, 6) is 0. The molecule has 0 saturated carbocycles. The van der Waals surface area contributed by atoms with E-state index in [9.17, 15) is 0 Å². The van der Waals surface area contributed by atoms with Gasteiger partial charge in [-0.05, 0) is 25.7 Å². The van der Waals surface area contributed by atoms with E-state index in [2.05, 4.69) is 27.9 Å². The predicted molar refractivity (Wildman–Crippen MR) is 103 cm³/mol. The molecule has 0 aromatic carbocycles. The van der Waals surface area contributed by atoms with Crippen LogP contribution in [0.25, 0.3) is 0 Å². The maximum atomic E-state index is 8.88. The van der Waals surface area contributed by atoms with Crippen molar-refractivity contribution in [2.75, 3.05) is 27.2 Å². The molecule has 0 heterocycles. The average molecular weight is 369 g/mol. The largest absolute Gasteiger partial charge is 0.466 e. The summed E-state index contributed by atoms with van der Waals surface area (Å²) in [6.07, 6.45) is 17.1. The Labute approximate surface area is 150 Å². The van der Waals surface area contributed by atoms with Gasteiger partial charge in [0, 0.05) is 0 Å². The summed E-state index contributed by atoms with van der Waals surface area (Å²) in [5, 5.41) is 0. The first-order valence-corrected chi connectivity index (χ1v) is 11.3. The SMILES string of the molecule is CCCCCCCCCC[N+](C)(C)CCCCCC.O=P(O)(O)O. The summed E-state index contributed by atoms with van der Waals surface area (Å²) in [4.78, 5) is 21.6. The van der Waals surface area contributed by atoms with E-state index in [1.165, 1.54) is 94.6 Å². The van der Waals surface area contributed by atoms with Crippen molar-refractivity contribution in [1.82, 2.24) is 0 Å². The van der Waals surface area contributed by atoms with Gasteiger partial charge in [-0.3, -0.25) is 0 Å². The van der Waals surface area contributed by atoms with Crippen LogP contribution in [0.1, 0.15) is 90.9 Å². The van der Waals surface area contributed by atoms with Crippen LogP contribution in [0.2, 0.25) is 0 Å². The van der Waals surface area contributed by atoms with Gasteiger partial charge in [-0.15, -0.1) is 0 Å². The van der Waals surface area contributed by atoms with Gasteiger partial charge in [0.05, 0.1) is 27.2 Å². The summed E-state index contributed by atoms with van der Waals surface area (Å²) in [7, 11) is 0.181. The highest BCUT2D eigenvalue weighted by Gasteiger charge is 2.13. The molecular formula is C18H43NO4P+. The Hall–Kier alpha value is 0.0700. The van der Waals surface area contributed by atoms with Gasteiger partial charge in [0.25, 0.3) is 0 Å². The third-order valence-corrected chi connectivity index (χ3v) is 4.23. The monoisotopic (exact) mass is 368 g/mol. The van der Waals surface area contributed by atoms with E-state index in [1.54, 1.807) is 0 Å². The van der Waals surface area contributed by atoms with E-state index in [1.807, 2.05) is 0 Å². The Bertz CT molecular complexity index is 297. The molecule has 0 radical (unpaired) electrons. The topological polar surface area (TPSA) is 77.8 Å². The zero-order valence-corrected chi connectivity index (χ0v) is 17.4. The van der Waals surface area contributed by atoms with Crippen LogP contribution in [0.15, 0.2) is 0 Å². The van der Waals surface area contributed by atoms with Crippen molar-refractivity contribution in [2.45, 2.75) is 90.9 Å². The first-order valence-electron chi connectivity index (χ1n) is 9.72. The molecule has 0 rings (SSSR count). The summed E-state index contributed by atoms with van der Waals surface area (Å²) >= 11 is 0. The fourth-order valence-corrected chi connectivity index (χ4v) is 2.75. The molecule has 0 aromatic heterocycles. The summed E-state index contributed by atoms with van der Waals surface area (Å²) in [6.45, 7) is 7.33. The van der Waals surface area contributed by atoms with E-state index >= 15 is 0 Å². The molecular weight excluding hydrogens is 325 g/mol. The van der Waals surface area contributed by atoms with E-state index < -0.39 is 7.82 Å². The maximum absolute atomic E-state index is 8.88. The lowest BCUT2D eigenvalue weighted by Gasteiger charge is -2.30. The van der Waals surface area contributed by atoms with Crippen LogP contribution < -0.4 is 0 Å². The first kappa shape index (κ1) is 26.3. The third kappa shape index (κ3) is 30.0. The highest BCUT2D eigenvalue weighted by Crippen LogP contribution is 2.25. The van der Waals surface area contributed by atoms with E-state index in [-0.39, 0.29) is 0 Å². The number of unbranched alkanes of at least 4 members (excludes halogenated alkanes) is 10. The van der Waals surface area contributed by atoms with Crippen LogP contribution in [0.3, 0.4) is 0 Å². The number of nitrogens with zero attached hydrogens (tertiary/aromatic N) is 1. The lowest BCUT2D eigenvalue weighted by molar-refractivity contribution is -0.890. The molecule has 6 heteroatoms. The van der Waals surface area contributed by atoms with Crippen molar-refractivity contribution in [1.29, 1.82) is 0 Å². The van der Waals surface area contributed by atoms with Crippen LogP contribution in [-0.2, 0) is 4.57 Å². The third-order valence-electron chi connectivity index (χ3n) is 4.23. The van der Waals surface area contributed by atoms with Crippen molar-refractivity contribution in [2.24, 2.45) is 0 Å². The number of hydrogen-bond donors (Lipinski definition) is 3. The molecule has 0 unspecified atom stereocenters. The van der Waals surface area contributed by atoms with Crippen molar-refractivity contribution in [3.05, 3.63) is 0 Å². The molecule has 0 saturated heterocycles. The Morgan fingerprint density at radius 2 is 0.875 bits per heavy atom. The van der Waals surface area contributed by atoms with Crippen molar-refractivity contribution < 1.29 is 23.7 Å². The average Bonchev–Trinajstić information content (AvgIpc) is 2.45. The normalized spacial score (nSPS) is 12.0. The van der Waals surface area contributed by atoms with Gasteiger partial charge in [0.15, 0.2) is 0 Å². The molecule has 0 spiro atoms. The maximum Gasteiger partial charge on any atom is 0.466 e. The summed E-state index contributed by atoms with van der Waals surface area (Å²) < 4.78 is 10.1. The van der Waals surface area contributed by atoms with Crippen molar-refractivity contribution in [3.63, 3.8) is 0 Å². The second kappa shape index (κ2) is 16.5. The number of quaternary nitrogens is 1. The molecule has 148 valence electrons. The second-order valence-corrected chi connectivity index (χ2v) is 8.46. The Kier molecular flexibility index (Phi) is 18.1. The smallest absolute Gasteiger partial charge is 0.328 e. The van der Waals surface area contributed by atoms with Gasteiger partial charge < -0.3 is 19.2 Å². The number of rotatable bonds is 14. The van der Waals surface area contributed by atoms with Crippen LogP contribution in [0, 0.1) is 0 Å². The van der Waals surface area contributed by atoms with Crippen LogP contribution >= 0.6 is 7.82 Å². The molecule has 0 aliphatic rings. The molecule has 0 amide bonds. The Morgan fingerprint density at radius 1 is 0.625 bits per heavy atom.